The van der Waals surface area contributed by atoms with Crippen LogP contribution in [-0.2, 0) is 20.4 Å². The molecule has 0 amide bonds. The zero-order valence-electron chi connectivity index (χ0n) is 11.6. The van der Waals surface area contributed by atoms with Gasteiger partial charge in [0.1, 0.15) is 24.1 Å². The molecule has 0 radical (unpaired) electrons. The minimum Gasteiger partial charge on any atom is -0.394 e. The molecular formula is C10H16N3O9P. The van der Waals surface area contributed by atoms with E-state index in [9.17, 15) is 19.6 Å². The van der Waals surface area contributed by atoms with E-state index in [1.165, 1.54) is 0 Å². The van der Waals surface area contributed by atoms with Crippen molar-refractivity contribution in [2.75, 3.05) is 12.3 Å². The molecule has 7 N–H and O–H groups in total. The topological polar surface area (TPSA) is 198 Å². The average Bonchev–Trinajstić information content (AvgIpc) is 2.74. The fourth-order valence-electron chi connectivity index (χ4n) is 2.21. The summed E-state index contributed by atoms with van der Waals surface area (Å²) in [5, 5.41) is 28.5. The second-order valence-corrected chi connectivity index (χ2v) is 5.99. The molecule has 12 nitrogen and oxygen atoms in total. The van der Waals surface area contributed by atoms with E-state index in [2.05, 4.69) is 9.51 Å². The van der Waals surface area contributed by atoms with Gasteiger partial charge in [-0.25, -0.2) is 9.36 Å². The number of hydrogen-bond donors (Lipinski definition) is 6. The summed E-state index contributed by atoms with van der Waals surface area (Å²) in [5.74, 6) is -0.206. The predicted molar refractivity (Wildman–Crippen MR) is 72.8 cm³/mol. The Balaban J connectivity index is 2.38. The third-order valence-electron chi connectivity index (χ3n) is 3.25. The highest BCUT2D eigenvalue weighted by molar-refractivity contribution is 7.46. The Morgan fingerprint density at radius 3 is 2.61 bits per heavy atom. The number of aliphatic hydroxyl groups excluding tert-OH is 3. The first-order valence-corrected chi connectivity index (χ1v) is 7.87. The van der Waals surface area contributed by atoms with Crippen LogP contribution >= 0.6 is 7.82 Å². The summed E-state index contributed by atoms with van der Waals surface area (Å²) in [6.07, 6.45) is -4.89. The average molecular weight is 353 g/mol. The van der Waals surface area contributed by atoms with Crippen molar-refractivity contribution < 1.29 is 38.9 Å². The highest BCUT2D eigenvalue weighted by Crippen LogP contribution is 2.43. The molecule has 1 aromatic heterocycles. The van der Waals surface area contributed by atoms with Crippen molar-refractivity contribution in [2.24, 2.45) is 0 Å². The lowest BCUT2D eigenvalue weighted by molar-refractivity contribution is -0.0549. The Labute approximate surface area is 129 Å². The first-order chi connectivity index (χ1) is 10.7. The lowest BCUT2D eigenvalue weighted by atomic mass is 10.1. The number of aromatic nitrogens is 2. The summed E-state index contributed by atoms with van der Waals surface area (Å²) in [4.78, 5) is 33.0. The molecule has 0 spiro atoms. The first-order valence-electron chi connectivity index (χ1n) is 6.34. The molecule has 1 aliphatic heterocycles. The van der Waals surface area contributed by atoms with Crippen LogP contribution in [0.25, 0.3) is 0 Å². The van der Waals surface area contributed by atoms with Crippen LogP contribution in [0.2, 0.25) is 0 Å². The van der Waals surface area contributed by atoms with Gasteiger partial charge in [0, 0.05) is 11.8 Å². The highest BCUT2D eigenvalue weighted by Gasteiger charge is 2.48. The zero-order valence-corrected chi connectivity index (χ0v) is 12.5. The number of hydrogen-bond acceptors (Lipinski definition) is 9. The number of rotatable bonds is 5. The van der Waals surface area contributed by atoms with Crippen molar-refractivity contribution in [2.45, 2.75) is 31.1 Å². The number of nitrogens with zero attached hydrogens (tertiary/aromatic N) is 2. The van der Waals surface area contributed by atoms with Gasteiger partial charge in [-0.2, -0.15) is 4.98 Å². The van der Waals surface area contributed by atoms with Gasteiger partial charge in [-0.1, -0.05) is 0 Å². The van der Waals surface area contributed by atoms with Crippen LogP contribution in [0.3, 0.4) is 0 Å². The Hall–Kier alpha value is -1.37. The summed E-state index contributed by atoms with van der Waals surface area (Å²) in [7, 11) is -4.97. The molecule has 1 saturated heterocycles. The van der Waals surface area contributed by atoms with Gasteiger partial charge in [0.2, 0.25) is 0 Å². The van der Waals surface area contributed by atoms with Crippen LogP contribution in [0.4, 0.5) is 5.82 Å². The molecule has 0 aromatic carbocycles. The van der Waals surface area contributed by atoms with E-state index in [1.54, 1.807) is 0 Å². The van der Waals surface area contributed by atoms with Crippen LogP contribution in [0.5, 0.6) is 0 Å². The maximum Gasteiger partial charge on any atom is 0.470 e. The van der Waals surface area contributed by atoms with Crippen LogP contribution in [0.15, 0.2) is 11.0 Å². The number of ether oxygens (including phenoxy) is 1. The smallest absolute Gasteiger partial charge is 0.394 e. The van der Waals surface area contributed by atoms with Gasteiger partial charge in [-0.15, -0.1) is 0 Å². The molecule has 0 bridgehead atoms. The number of aliphatic hydroxyl groups is 3. The zero-order chi connectivity index (χ0) is 17.4. The van der Waals surface area contributed by atoms with E-state index in [1.807, 2.05) is 0 Å². The van der Waals surface area contributed by atoms with Gasteiger partial charge >= 0.3 is 13.5 Å². The van der Waals surface area contributed by atoms with E-state index in [-0.39, 0.29) is 11.4 Å². The summed E-state index contributed by atoms with van der Waals surface area (Å²) in [6.45, 7) is -1.25. The fourth-order valence-corrected chi connectivity index (χ4v) is 2.79. The molecule has 2 heterocycles. The third-order valence-corrected chi connectivity index (χ3v) is 3.77. The molecule has 0 saturated carbocycles. The molecule has 23 heavy (non-hydrogen) atoms. The first kappa shape index (κ1) is 18.0. The van der Waals surface area contributed by atoms with E-state index < -0.39 is 51.3 Å². The van der Waals surface area contributed by atoms with Crippen LogP contribution in [0, 0.1) is 0 Å². The number of nitrogens with two attached hydrogens (primary N) is 1. The van der Waals surface area contributed by atoms with E-state index in [0.29, 0.717) is 0 Å². The van der Waals surface area contributed by atoms with Gasteiger partial charge in [0.05, 0.1) is 13.2 Å². The Morgan fingerprint density at radius 1 is 1.43 bits per heavy atom. The number of phosphoric ester groups is 1. The molecule has 0 unspecified atom stereocenters. The summed E-state index contributed by atoms with van der Waals surface area (Å²) >= 11 is 0. The molecule has 2 rings (SSSR count). The van der Waals surface area contributed by atoms with Gasteiger partial charge in [0.15, 0.2) is 6.23 Å². The van der Waals surface area contributed by atoms with Crippen LogP contribution in [-0.4, -0.2) is 59.6 Å². The van der Waals surface area contributed by atoms with E-state index >= 15 is 0 Å². The number of nitrogen functional groups attached to an aromatic ring is 1. The normalized spacial score (nSPS) is 28.2. The van der Waals surface area contributed by atoms with Gasteiger partial charge < -0.3 is 35.6 Å². The SMILES string of the molecule is Nc1nc(=O)n([C@@H]2O[C@H](CO)[C@@H](OP(=O)(O)O)[C@H]2O)cc1CO. The summed E-state index contributed by atoms with van der Waals surface area (Å²) in [6, 6.07) is 0. The lowest BCUT2D eigenvalue weighted by Crippen LogP contribution is -2.37. The van der Waals surface area contributed by atoms with Gasteiger partial charge in [-0.3, -0.25) is 9.09 Å². The van der Waals surface area contributed by atoms with Crippen molar-refractivity contribution in [3.63, 3.8) is 0 Å². The van der Waals surface area contributed by atoms with Gasteiger partial charge in [-0.05, 0) is 0 Å². The molecule has 1 aliphatic rings. The quantitative estimate of drug-likeness (QED) is 0.296. The molecular weight excluding hydrogens is 337 g/mol. The summed E-state index contributed by atoms with van der Waals surface area (Å²) in [5.41, 5.74) is 4.61. The number of anilines is 1. The molecule has 1 aromatic rings. The Morgan fingerprint density at radius 2 is 2.09 bits per heavy atom. The second-order valence-electron chi connectivity index (χ2n) is 4.80. The van der Waals surface area contributed by atoms with E-state index in [0.717, 1.165) is 10.8 Å². The predicted octanol–water partition coefficient (Wildman–Crippen LogP) is -2.95. The maximum absolute atomic E-state index is 11.9. The molecule has 4 atom stereocenters. The number of phosphoric acid groups is 1. The Bertz CT molecular complexity index is 674. The van der Waals surface area contributed by atoms with Crippen LogP contribution < -0.4 is 11.4 Å². The second kappa shape index (κ2) is 6.63. The van der Waals surface area contributed by atoms with Crippen molar-refractivity contribution in [1.82, 2.24) is 9.55 Å². The van der Waals surface area contributed by atoms with E-state index in [4.69, 9.17) is 25.4 Å². The van der Waals surface area contributed by atoms with Crippen molar-refractivity contribution in [3.8, 4) is 0 Å². The van der Waals surface area contributed by atoms with Crippen molar-refractivity contribution >= 4 is 13.6 Å². The largest absolute Gasteiger partial charge is 0.470 e. The fraction of sp³-hybridized carbons (Fsp3) is 0.600. The monoisotopic (exact) mass is 353 g/mol. The molecule has 130 valence electrons. The summed E-state index contributed by atoms with van der Waals surface area (Å²) < 4.78 is 21.4. The molecule has 13 heteroatoms. The van der Waals surface area contributed by atoms with Gasteiger partial charge in [0.25, 0.3) is 0 Å². The Kier molecular flexibility index (Phi) is 5.18. The lowest BCUT2D eigenvalue weighted by Gasteiger charge is -2.20. The minimum absolute atomic E-state index is 0.0836. The standard InChI is InChI=1S/C10H16N3O9P/c11-8-4(2-14)1-13(10(17)12-8)9-6(16)7(5(3-15)21-9)22-23(18,19)20/h1,5-7,9,14-16H,2-3H2,(H2,11,12,17)(H2,18,19,20)/t5-,6-,7-,9-/m1/s1. The van der Waals surface area contributed by atoms with Crippen molar-refractivity contribution in [3.05, 3.63) is 22.2 Å². The third kappa shape index (κ3) is 3.76. The molecule has 0 aliphatic carbocycles. The van der Waals surface area contributed by atoms with Crippen molar-refractivity contribution in [1.29, 1.82) is 0 Å². The molecule has 1 fully saturated rings. The highest BCUT2D eigenvalue weighted by atomic mass is 31.2. The van der Waals surface area contributed by atoms with Crippen LogP contribution in [0.1, 0.15) is 11.8 Å². The minimum atomic E-state index is -4.97. The maximum atomic E-state index is 11.9.